The number of rotatable bonds is 4. The van der Waals surface area contributed by atoms with Gasteiger partial charge in [0.25, 0.3) is 5.91 Å². The highest BCUT2D eigenvalue weighted by Gasteiger charge is 2.26. The lowest BCUT2D eigenvalue weighted by atomic mass is 9.89. The van der Waals surface area contributed by atoms with Gasteiger partial charge in [0.15, 0.2) is 0 Å². The summed E-state index contributed by atoms with van der Waals surface area (Å²) in [5.41, 5.74) is 4.06. The van der Waals surface area contributed by atoms with Crippen molar-refractivity contribution in [2.75, 3.05) is 13.1 Å². The molecule has 1 N–H and O–H groups in total. The second-order valence-corrected chi connectivity index (χ2v) is 7.63. The summed E-state index contributed by atoms with van der Waals surface area (Å²) in [6, 6.07) is 13.9. The lowest BCUT2D eigenvalue weighted by molar-refractivity contribution is -0.000431. The van der Waals surface area contributed by atoms with Crippen molar-refractivity contribution in [2.45, 2.75) is 51.2 Å². The average Bonchev–Trinajstić information content (AvgIpc) is 2.72. The van der Waals surface area contributed by atoms with Crippen molar-refractivity contribution in [3.05, 3.63) is 64.7 Å². The average molecular weight is 365 g/mol. The van der Waals surface area contributed by atoms with Gasteiger partial charge in [-0.3, -0.25) is 4.79 Å². The summed E-state index contributed by atoms with van der Waals surface area (Å²) in [5.74, 6) is 0.0745. The number of aromatic hydroxyl groups is 1. The number of phenolic OH excluding ortho intramolecular Hbond substituents is 1. The van der Waals surface area contributed by atoms with Crippen molar-refractivity contribution in [1.29, 1.82) is 0 Å². The van der Waals surface area contributed by atoms with Crippen LogP contribution in [0.25, 0.3) is 0 Å². The van der Waals surface area contributed by atoms with E-state index in [2.05, 4.69) is 12.1 Å². The number of ether oxygens (including phenoxy) is 1. The molecule has 1 heterocycles. The van der Waals surface area contributed by atoms with Gasteiger partial charge in [-0.1, -0.05) is 30.3 Å². The number of hydrogen-bond acceptors (Lipinski definition) is 3. The normalized spacial score (nSPS) is 17.6. The molecule has 2 aliphatic rings. The van der Waals surface area contributed by atoms with E-state index in [4.69, 9.17) is 4.74 Å². The first kappa shape index (κ1) is 18.1. The van der Waals surface area contributed by atoms with Crippen molar-refractivity contribution in [3.63, 3.8) is 0 Å². The molecule has 2 aromatic carbocycles. The highest BCUT2D eigenvalue weighted by atomic mass is 16.5. The molecule has 1 saturated heterocycles. The molecule has 0 bridgehead atoms. The first-order valence-electron chi connectivity index (χ1n) is 10.0. The zero-order valence-corrected chi connectivity index (χ0v) is 15.7. The zero-order chi connectivity index (χ0) is 18.6. The smallest absolute Gasteiger partial charge is 0.257 e. The number of nitrogens with zero attached hydrogens (tertiary/aromatic N) is 1. The standard InChI is InChI=1S/C23H27NO3/c25-22-15-19-9-5-4-8-18(19)14-21(22)23(26)24-12-10-20(11-13-24)27-16-17-6-2-1-3-7-17/h1-3,6-7,14-15,20,25H,4-5,8-13,16H2. The van der Waals surface area contributed by atoms with Gasteiger partial charge >= 0.3 is 0 Å². The molecule has 1 fully saturated rings. The molecule has 2 aromatic rings. The molecule has 1 aliphatic carbocycles. The molecule has 0 radical (unpaired) electrons. The van der Waals surface area contributed by atoms with Crippen LogP contribution < -0.4 is 0 Å². The Balaban J connectivity index is 1.35. The van der Waals surface area contributed by atoms with E-state index in [-0.39, 0.29) is 17.8 Å². The van der Waals surface area contributed by atoms with Crippen LogP contribution in [-0.2, 0) is 24.2 Å². The lowest BCUT2D eigenvalue weighted by Gasteiger charge is -2.32. The molecule has 0 unspecified atom stereocenters. The number of piperidine rings is 1. The van der Waals surface area contributed by atoms with Crippen LogP contribution in [0.15, 0.2) is 42.5 Å². The number of hydrogen-bond donors (Lipinski definition) is 1. The Labute approximate surface area is 160 Å². The van der Waals surface area contributed by atoms with Crippen molar-refractivity contribution in [1.82, 2.24) is 4.90 Å². The third-order valence-electron chi connectivity index (χ3n) is 5.75. The maximum absolute atomic E-state index is 12.9. The Bertz CT molecular complexity index is 795. The molecule has 27 heavy (non-hydrogen) atoms. The fourth-order valence-electron chi connectivity index (χ4n) is 4.13. The maximum Gasteiger partial charge on any atom is 0.257 e. The minimum atomic E-state index is -0.0533. The maximum atomic E-state index is 12.9. The molecule has 4 nitrogen and oxygen atoms in total. The van der Waals surface area contributed by atoms with Gasteiger partial charge in [-0.25, -0.2) is 0 Å². The number of benzene rings is 2. The Kier molecular flexibility index (Phi) is 5.44. The molecule has 142 valence electrons. The minimum Gasteiger partial charge on any atom is -0.507 e. The summed E-state index contributed by atoms with van der Waals surface area (Å²) in [6.07, 6.45) is 6.19. The molecule has 1 aliphatic heterocycles. The van der Waals surface area contributed by atoms with Crippen LogP contribution in [0.3, 0.4) is 0 Å². The zero-order valence-electron chi connectivity index (χ0n) is 15.7. The van der Waals surface area contributed by atoms with Gasteiger partial charge in [-0.05, 0) is 67.3 Å². The molecule has 0 spiro atoms. The van der Waals surface area contributed by atoms with Gasteiger partial charge < -0.3 is 14.7 Å². The second-order valence-electron chi connectivity index (χ2n) is 7.63. The van der Waals surface area contributed by atoms with Crippen molar-refractivity contribution >= 4 is 5.91 Å². The summed E-state index contributed by atoms with van der Waals surface area (Å²) in [4.78, 5) is 14.8. The quantitative estimate of drug-likeness (QED) is 0.888. The number of fused-ring (bicyclic) bond motifs is 1. The summed E-state index contributed by atoms with van der Waals surface area (Å²) in [6.45, 7) is 1.97. The molecule has 4 heteroatoms. The van der Waals surface area contributed by atoms with E-state index in [1.807, 2.05) is 29.2 Å². The third-order valence-corrected chi connectivity index (χ3v) is 5.75. The Hall–Kier alpha value is -2.33. The van der Waals surface area contributed by atoms with Crippen molar-refractivity contribution < 1.29 is 14.6 Å². The van der Waals surface area contributed by atoms with Gasteiger partial charge in [-0.15, -0.1) is 0 Å². The van der Waals surface area contributed by atoms with Crippen LogP contribution in [0.4, 0.5) is 0 Å². The first-order chi connectivity index (χ1) is 13.2. The number of amides is 1. The van der Waals surface area contributed by atoms with Gasteiger partial charge in [0.05, 0.1) is 18.3 Å². The van der Waals surface area contributed by atoms with E-state index in [0.717, 1.165) is 38.5 Å². The van der Waals surface area contributed by atoms with Crippen LogP contribution in [0.5, 0.6) is 5.75 Å². The molecule has 0 atom stereocenters. The van der Waals surface area contributed by atoms with E-state index in [1.165, 1.54) is 16.7 Å². The van der Waals surface area contributed by atoms with Crippen LogP contribution >= 0.6 is 0 Å². The monoisotopic (exact) mass is 365 g/mol. The molecule has 4 rings (SSSR count). The van der Waals surface area contributed by atoms with E-state index in [1.54, 1.807) is 6.07 Å². The van der Waals surface area contributed by atoms with Crippen molar-refractivity contribution in [3.8, 4) is 5.75 Å². The minimum absolute atomic E-state index is 0.0533. The summed E-state index contributed by atoms with van der Waals surface area (Å²) < 4.78 is 6.01. The fraction of sp³-hybridized carbons (Fsp3) is 0.435. The SMILES string of the molecule is O=C(c1cc2c(cc1O)CCCC2)N1CCC(OCc2ccccc2)CC1. The third kappa shape index (κ3) is 4.16. The molecule has 0 saturated carbocycles. The molecular formula is C23H27NO3. The summed E-state index contributed by atoms with van der Waals surface area (Å²) in [7, 11) is 0. The lowest BCUT2D eigenvalue weighted by Crippen LogP contribution is -2.41. The van der Waals surface area contributed by atoms with Gasteiger partial charge in [0.1, 0.15) is 5.75 Å². The van der Waals surface area contributed by atoms with E-state index in [0.29, 0.717) is 25.3 Å². The first-order valence-corrected chi connectivity index (χ1v) is 10.0. The molecule has 0 aromatic heterocycles. The summed E-state index contributed by atoms with van der Waals surface area (Å²) in [5, 5.41) is 10.4. The van der Waals surface area contributed by atoms with E-state index >= 15 is 0 Å². The van der Waals surface area contributed by atoms with Gasteiger partial charge in [-0.2, -0.15) is 0 Å². The predicted molar refractivity (Wildman–Crippen MR) is 105 cm³/mol. The number of aryl methyl sites for hydroxylation is 2. The number of likely N-dealkylation sites (tertiary alicyclic amines) is 1. The Morgan fingerprint density at radius 2 is 1.70 bits per heavy atom. The van der Waals surface area contributed by atoms with Crippen LogP contribution in [0.1, 0.15) is 52.7 Å². The van der Waals surface area contributed by atoms with E-state index in [9.17, 15) is 9.90 Å². The largest absolute Gasteiger partial charge is 0.507 e. The van der Waals surface area contributed by atoms with Crippen LogP contribution in [0.2, 0.25) is 0 Å². The highest BCUT2D eigenvalue weighted by molar-refractivity contribution is 5.97. The van der Waals surface area contributed by atoms with Gasteiger partial charge in [0.2, 0.25) is 0 Å². The van der Waals surface area contributed by atoms with Crippen LogP contribution in [0, 0.1) is 0 Å². The van der Waals surface area contributed by atoms with Gasteiger partial charge in [0, 0.05) is 13.1 Å². The highest BCUT2D eigenvalue weighted by Crippen LogP contribution is 2.30. The summed E-state index contributed by atoms with van der Waals surface area (Å²) >= 11 is 0. The Morgan fingerprint density at radius 1 is 1.04 bits per heavy atom. The topological polar surface area (TPSA) is 49.8 Å². The van der Waals surface area contributed by atoms with Crippen LogP contribution in [-0.4, -0.2) is 35.1 Å². The fourth-order valence-corrected chi connectivity index (χ4v) is 4.13. The predicted octanol–water partition coefficient (Wildman–Crippen LogP) is 4.09. The molecule has 1 amide bonds. The second kappa shape index (κ2) is 8.13. The van der Waals surface area contributed by atoms with E-state index < -0.39 is 0 Å². The molecular weight excluding hydrogens is 338 g/mol. The number of carbonyl (C=O) groups excluding carboxylic acids is 1. The Morgan fingerprint density at radius 3 is 2.41 bits per heavy atom. The van der Waals surface area contributed by atoms with Crippen molar-refractivity contribution in [2.24, 2.45) is 0 Å². The number of phenols is 1. The number of carbonyl (C=O) groups is 1.